The lowest BCUT2D eigenvalue weighted by Gasteiger charge is -2.21. The topological polar surface area (TPSA) is 72.8 Å². The number of hydrogen-bond donors (Lipinski definition) is 3. The van der Waals surface area contributed by atoms with Gasteiger partial charge in [0, 0.05) is 19.2 Å². The van der Waals surface area contributed by atoms with Gasteiger partial charge in [-0.1, -0.05) is 0 Å². The zero-order valence-corrected chi connectivity index (χ0v) is 11.5. The summed E-state index contributed by atoms with van der Waals surface area (Å²) in [4.78, 5) is 12.8. The first-order valence-electron chi connectivity index (χ1n) is 5.41. The molecule has 2 amide bonds. The molecule has 19 heavy (non-hydrogen) atoms. The largest absolute Gasteiger partial charge is 0.395 e. The summed E-state index contributed by atoms with van der Waals surface area (Å²) in [5, 5.41) is 19.7. The number of rotatable bonds is 5. The highest BCUT2D eigenvalue weighted by Crippen LogP contribution is 2.23. The monoisotopic (exact) mass is 338 g/mol. The maximum absolute atomic E-state index is 13.5. The number of benzene rings is 1. The number of halogens is 3. The Balaban J connectivity index is 2.83. The van der Waals surface area contributed by atoms with E-state index in [1.54, 1.807) is 0 Å². The molecular weight excluding hydrogens is 326 g/mol. The fourth-order valence-corrected chi connectivity index (χ4v) is 1.68. The van der Waals surface area contributed by atoms with Gasteiger partial charge in [0.05, 0.1) is 23.4 Å². The van der Waals surface area contributed by atoms with E-state index in [1.165, 1.54) is 0 Å². The van der Waals surface area contributed by atoms with Crippen molar-refractivity contribution >= 4 is 27.6 Å². The Morgan fingerprint density at radius 2 is 1.79 bits per heavy atom. The van der Waals surface area contributed by atoms with Crippen molar-refractivity contribution in [3.63, 3.8) is 0 Å². The molecule has 0 atom stereocenters. The van der Waals surface area contributed by atoms with Crippen LogP contribution in [0.4, 0.5) is 19.3 Å². The lowest BCUT2D eigenvalue weighted by Crippen LogP contribution is -2.39. The van der Waals surface area contributed by atoms with Crippen molar-refractivity contribution in [3.8, 4) is 0 Å². The molecule has 0 aromatic heterocycles. The third-order valence-electron chi connectivity index (χ3n) is 2.28. The Morgan fingerprint density at radius 3 is 2.32 bits per heavy atom. The van der Waals surface area contributed by atoms with Crippen LogP contribution in [-0.2, 0) is 0 Å². The van der Waals surface area contributed by atoms with Crippen LogP contribution in [0.25, 0.3) is 0 Å². The Labute approximate surface area is 117 Å². The molecule has 0 radical (unpaired) electrons. The van der Waals surface area contributed by atoms with Gasteiger partial charge in [-0.05, 0) is 22.0 Å². The molecule has 1 rings (SSSR count). The Bertz CT molecular complexity index is 454. The SMILES string of the molecule is O=C(Nc1cc(F)c(Br)cc1F)N(CCO)CCO. The molecular formula is C11H13BrF2N2O3. The fraction of sp³-hybridized carbons (Fsp3) is 0.364. The van der Waals surface area contributed by atoms with Gasteiger partial charge in [-0.15, -0.1) is 0 Å². The molecule has 0 saturated carbocycles. The second-order valence-corrected chi connectivity index (χ2v) is 4.46. The smallest absolute Gasteiger partial charge is 0.322 e. The van der Waals surface area contributed by atoms with Gasteiger partial charge in [0.15, 0.2) is 0 Å². The van der Waals surface area contributed by atoms with Crippen LogP contribution >= 0.6 is 15.9 Å². The first-order valence-corrected chi connectivity index (χ1v) is 6.21. The van der Waals surface area contributed by atoms with Crippen LogP contribution in [0, 0.1) is 11.6 Å². The molecule has 0 heterocycles. The van der Waals surface area contributed by atoms with Crippen LogP contribution in [0.15, 0.2) is 16.6 Å². The summed E-state index contributed by atoms with van der Waals surface area (Å²) >= 11 is 2.82. The summed E-state index contributed by atoms with van der Waals surface area (Å²) in [5.74, 6) is -1.51. The minimum atomic E-state index is -0.797. The van der Waals surface area contributed by atoms with Crippen molar-refractivity contribution in [1.29, 1.82) is 0 Å². The van der Waals surface area contributed by atoms with Gasteiger partial charge in [0.25, 0.3) is 0 Å². The first kappa shape index (κ1) is 15.8. The summed E-state index contributed by atoms with van der Waals surface area (Å²) in [6.07, 6.45) is 0. The number of amides is 2. The molecule has 5 nitrogen and oxygen atoms in total. The van der Waals surface area contributed by atoms with E-state index >= 15 is 0 Å². The molecule has 0 saturated heterocycles. The van der Waals surface area contributed by atoms with E-state index in [4.69, 9.17) is 10.2 Å². The second kappa shape index (κ2) is 7.37. The first-order chi connectivity index (χ1) is 8.99. The maximum atomic E-state index is 13.5. The molecule has 1 aromatic carbocycles. The summed E-state index contributed by atoms with van der Waals surface area (Å²) < 4.78 is 26.7. The van der Waals surface area contributed by atoms with Gasteiger partial charge in [0.2, 0.25) is 0 Å². The molecule has 1 aromatic rings. The van der Waals surface area contributed by atoms with Crippen molar-refractivity contribution in [2.75, 3.05) is 31.6 Å². The molecule has 0 aliphatic rings. The van der Waals surface area contributed by atoms with Crippen molar-refractivity contribution in [2.24, 2.45) is 0 Å². The number of hydrogen-bond acceptors (Lipinski definition) is 3. The van der Waals surface area contributed by atoms with Gasteiger partial charge >= 0.3 is 6.03 Å². The predicted octanol–water partition coefficient (Wildman–Crippen LogP) is 1.55. The minimum absolute atomic E-state index is 0.0208. The van der Waals surface area contributed by atoms with E-state index in [1.807, 2.05) is 0 Å². The van der Waals surface area contributed by atoms with E-state index in [0.29, 0.717) is 0 Å². The lowest BCUT2D eigenvalue weighted by molar-refractivity contribution is 0.167. The zero-order chi connectivity index (χ0) is 14.4. The fourth-order valence-electron chi connectivity index (χ4n) is 1.37. The average molecular weight is 339 g/mol. The number of nitrogens with zero attached hydrogens (tertiary/aromatic N) is 1. The number of anilines is 1. The standard InChI is InChI=1S/C11H13BrF2N2O3/c12-7-5-9(14)10(6-8(7)13)15-11(19)16(1-3-17)2-4-18/h5-6,17-18H,1-4H2,(H,15,19). The summed E-state index contributed by atoms with van der Waals surface area (Å²) in [5.41, 5.74) is -0.313. The molecule has 0 aliphatic heterocycles. The third kappa shape index (κ3) is 4.41. The van der Waals surface area contributed by atoms with E-state index in [-0.39, 0.29) is 36.5 Å². The third-order valence-corrected chi connectivity index (χ3v) is 2.89. The number of aliphatic hydroxyl groups excluding tert-OH is 2. The normalized spacial score (nSPS) is 10.4. The molecule has 0 unspecified atom stereocenters. The number of carbonyl (C=O) groups excluding carboxylic acids is 1. The molecule has 3 N–H and O–H groups in total. The van der Waals surface area contributed by atoms with Crippen LogP contribution in [0.2, 0.25) is 0 Å². The van der Waals surface area contributed by atoms with Gasteiger partial charge < -0.3 is 20.4 Å². The average Bonchev–Trinajstić information content (AvgIpc) is 2.35. The van der Waals surface area contributed by atoms with Crippen molar-refractivity contribution < 1.29 is 23.8 Å². The van der Waals surface area contributed by atoms with Crippen LogP contribution in [0.3, 0.4) is 0 Å². The van der Waals surface area contributed by atoms with Gasteiger partial charge in [-0.25, -0.2) is 13.6 Å². The Morgan fingerprint density at radius 1 is 1.21 bits per heavy atom. The van der Waals surface area contributed by atoms with Crippen LogP contribution < -0.4 is 5.32 Å². The summed E-state index contributed by atoms with van der Waals surface area (Å²) in [6, 6.07) is 1.00. The van der Waals surface area contributed by atoms with E-state index < -0.39 is 17.7 Å². The number of carbonyl (C=O) groups is 1. The number of aliphatic hydroxyl groups is 2. The summed E-state index contributed by atoms with van der Waals surface area (Å²) in [6.45, 7) is -0.644. The van der Waals surface area contributed by atoms with E-state index in [0.717, 1.165) is 17.0 Å². The highest BCUT2D eigenvalue weighted by atomic mass is 79.9. The van der Waals surface area contributed by atoms with Crippen LogP contribution in [-0.4, -0.2) is 47.4 Å². The van der Waals surface area contributed by atoms with Crippen molar-refractivity contribution in [3.05, 3.63) is 28.2 Å². The molecule has 0 spiro atoms. The quantitative estimate of drug-likeness (QED) is 0.713. The van der Waals surface area contributed by atoms with Gasteiger partial charge in [0.1, 0.15) is 11.6 Å². The number of urea groups is 1. The van der Waals surface area contributed by atoms with E-state index in [9.17, 15) is 13.6 Å². The van der Waals surface area contributed by atoms with Crippen molar-refractivity contribution in [2.45, 2.75) is 0 Å². The van der Waals surface area contributed by atoms with Gasteiger partial charge in [-0.3, -0.25) is 0 Å². The maximum Gasteiger partial charge on any atom is 0.322 e. The highest BCUT2D eigenvalue weighted by molar-refractivity contribution is 9.10. The number of nitrogens with one attached hydrogen (secondary N) is 1. The molecule has 106 valence electrons. The Hall–Kier alpha value is -1.25. The van der Waals surface area contributed by atoms with Crippen molar-refractivity contribution in [1.82, 2.24) is 4.90 Å². The van der Waals surface area contributed by atoms with Crippen LogP contribution in [0.1, 0.15) is 0 Å². The predicted molar refractivity (Wildman–Crippen MR) is 68.8 cm³/mol. The molecule has 8 heteroatoms. The van der Waals surface area contributed by atoms with Gasteiger partial charge in [-0.2, -0.15) is 0 Å². The minimum Gasteiger partial charge on any atom is -0.395 e. The Kier molecular flexibility index (Phi) is 6.13. The lowest BCUT2D eigenvalue weighted by atomic mass is 10.3. The molecule has 0 aliphatic carbocycles. The van der Waals surface area contributed by atoms with E-state index in [2.05, 4.69) is 21.2 Å². The zero-order valence-electron chi connectivity index (χ0n) is 9.87. The molecule has 0 bridgehead atoms. The second-order valence-electron chi connectivity index (χ2n) is 3.61. The molecule has 0 fully saturated rings. The summed E-state index contributed by atoms with van der Waals surface area (Å²) in [7, 11) is 0. The highest BCUT2D eigenvalue weighted by Gasteiger charge is 2.16. The van der Waals surface area contributed by atoms with Crippen LogP contribution in [0.5, 0.6) is 0 Å².